The Balaban J connectivity index is 2.00. The topological polar surface area (TPSA) is 59.1 Å². The van der Waals surface area contributed by atoms with Crippen molar-refractivity contribution in [3.63, 3.8) is 0 Å². The number of rotatable bonds is 6. The molecule has 1 heterocycles. The predicted molar refractivity (Wildman–Crippen MR) is 69.5 cm³/mol. The first kappa shape index (κ1) is 13.0. The van der Waals surface area contributed by atoms with E-state index in [1.165, 1.54) is 6.20 Å². The molecule has 1 fully saturated rings. The summed E-state index contributed by atoms with van der Waals surface area (Å²) in [6, 6.07) is 3.18. The van der Waals surface area contributed by atoms with Gasteiger partial charge in [-0.25, -0.2) is 13.1 Å². The third kappa shape index (κ3) is 3.26. The zero-order chi connectivity index (χ0) is 12.4. The van der Waals surface area contributed by atoms with Crippen molar-refractivity contribution in [1.29, 1.82) is 0 Å². The van der Waals surface area contributed by atoms with Crippen LogP contribution in [-0.4, -0.2) is 25.3 Å². The Morgan fingerprint density at radius 1 is 1.47 bits per heavy atom. The Bertz CT molecular complexity index is 472. The average Bonchev–Trinajstić information content (AvgIpc) is 3.09. The van der Waals surface area contributed by atoms with E-state index in [2.05, 4.69) is 25.6 Å². The number of nitrogens with one attached hydrogen (secondary N) is 1. The summed E-state index contributed by atoms with van der Waals surface area (Å²) in [4.78, 5) is 4.05. The lowest BCUT2D eigenvalue weighted by molar-refractivity contribution is 0.480. The van der Waals surface area contributed by atoms with E-state index in [1.54, 1.807) is 18.3 Å². The first-order chi connectivity index (χ1) is 8.08. The summed E-state index contributed by atoms with van der Waals surface area (Å²) >= 11 is 3.40. The molecular formula is C11H15BrN2O2S. The molecule has 0 atom stereocenters. The zero-order valence-corrected chi connectivity index (χ0v) is 11.8. The number of hydrogen-bond donors (Lipinski definition) is 1. The number of aromatic nitrogens is 1. The number of nitrogens with zero attached hydrogens (tertiary/aromatic N) is 1. The fourth-order valence-electron chi connectivity index (χ4n) is 1.73. The molecule has 1 aromatic rings. The van der Waals surface area contributed by atoms with E-state index in [0.29, 0.717) is 6.54 Å². The van der Waals surface area contributed by atoms with Gasteiger partial charge in [-0.3, -0.25) is 4.98 Å². The number of halogens is 1. The van der Waals surface area contributed by atoms with E-state index in [4.69, 9.17) is 0 Å². The predicted octanol–water partition coefficient (Wildman–Crippen LogP) is 1.93. The van der Waals surface area contributed by atoms with Crippen LogP contribution in [0.3, 0.4) is 0 Å². The smallest absolute Gasteiger partial charge is 0.242 e. The van der Waals surface area contributed by atoms with Gasteiger partial charge in [0, 0.05) is 24.3 Å². The maximum absolute atomic E-state index is 11.9. The lowest BCUT2D eigenvalue weighted by Gasteiger charge is -2.14. The Kier molecular flexibility index (Phi) is 3.85. The molecule has 0 amide bonds. The van der Waals surface area contributed by atoms with Gasteiger partial charge in [-0.05, 0) is 36.8 Å². The Hall–Kier alpha value is -0.460. The minimum absolute atomic E-state index is 0.179. The zero-order valence-electron chi connectivity index (χ0n) is 9.39. The lowest BCUT2D eigenvalue weighted by atomic mass is 10.1. The summed E-state index contributed by atoms with van der Waals surface area (Å²) in [5.74, 6) is 0. The molecule has 1 saturated carbocycles. The van der Waals surface area contributed by atoms with Gasteiger partial charge in [-0.1, -0.05) is 15.9 Å². The second-order valence-corrected chi connectivity index (χ2v) is 7.01. The molecule has 0 spiro atoms. The maximum Gasteiger partial charge on any atom is 0.242 e. The van der Waals surface area contributed by atoms with E-state index < -0.39 is 10.0 Å². The molecular weight excluding hydrogens is 304 g/mol. The summed E-state index contributed by atoms with van der Waals surface area (Å²) in [5.41, 5.74) is 0.179. The van der Waals surface area contributed by atoms with Crippen LogP contribution in [0.15, 0.2) is 29.4 Å². The Morgan fingerprint density at radius 2 is 2.24 bits per heavy atom. The van der Waals surface area contributed by atoms with Crippen molar-refractivity contribution in [2.24, 2.45) is 5.41 Å². The molecule has 0 aromatic carbocycles. The van der Waals surface area contributed by atoms with Crippen LogP contribution in [0.5, 0.6) is 0 Å². The summed E-state index contributed by atoms with van der Waals surface area (Å²) < 4.78 is 26.6. The van der Waals surface area contributed by atoms with Crippen LogP contribution in [0.1, 0.15) is 19.3 Å². The van der Waals surface area contributed by atoms with E-state index in [9.17, 15) is 8.42 Å². The average molecular weight is 319 g/mol. The van der Waals surface area contributed by atoms with Crippen LogP contribution in [0.25, 0.3) is 0 Å². The SMILES string of the molecule is O=S(=O)(NCC1(CCBr)CC1)c1cccnc1. The highest BCUT2D eigenvalue weighted by Crippen LogP contribution is 2.48. The summed E-state index contributed by atoms with van der Waals surface area (Å²) in [6.45, 7) is 0.524. The monoisotopic (exact) mass is 318 g/mol. The van der Waals surface area contributed by atoms with Gasteiger partial charge in [0.15, 0.2) is 0 Å². The molecule has 1 aromatic heterocycles. The van der Waals surface area contributed by atoms with Crippen LogP contribution in [-0.2, 0) is 10.0 Å². The van der Waals surface area contributed by atoms with Crippen LogP contribution in [0.2, 0.25) is 0 Å². The second kappa shape index (κ2) is 5.04. The highest BCUT2D eigenvalue weighted by molar-refractivity contribution is 9.09. The molecule has 0 radical (unpaired) electrons. The first-order valence-corrected chi connectivity index (χ1v) is 8.14. The van der Waals surface area contributed by atoms with Gasteiger partial charge in [0.2, 0.25) is 10.0 Å². The van der Waals surface area contributed by atoms with Gasteiger partial charge in [0.25, 0.3) is 0 Å². The minimum Gasteiger partial charge on any atom is -0.263 e. The van der Waals surface area contributed by atoms with Gasteiger partial charge in [-0.15, -0.1) is 0 Å². The fourth-order valence-corrected chi connectivity index (χ4v) is 3.69. The van der Waals surface area contributed by atoms with Gasteiger partial charge in [-0.2, -0.15) is 0 Å². The van der Waals surface area contributed by atoms with Crippen LogP contribution < -0.4 is 4.72 Å². The van der Waals surface area contributed by atoms with Gasteiger partial charge in [0.05, 0.1) is 0 Å². The maximum atomic E-state index is 11.9. The Morgan fingerprint density at radius 3 is 2.76 bits per heavy atom. The molecule has 1 N–H and O–H groups in total. The van der Waals surface area contributed by atoms with Crippen molar-refractivity contribution in [1.82, 2.24) is 9.71 Å². The quantitative estimate of drug-likeness (QED) is 0.815. The molecule has 0 saturated heterocycles. The van der Waals surface area contributed by atoms with Crippen LogP contribution in [0, 0.1) is 5.41 Å². The summed E-state index contributed by atoms with van der Waals surface area (Å²) in [7, 11) is -3.40. The van der Waals surface area contributed by atoms with E-state index in [-0.39, 0.29) is 10.3 Å². The van der Waals surface area contributed by atoms with Crippen molar-refractivity contribution in [2.75, 3.05) is 11.9 Å². The lowest BCUT2D eigenvalue weighted by Crippen LogP contribution is -2.30. The third-order valence-electron chi connectivity index (χ3n) is 3.16. The largest absolute Gasteiger partial charge is 0.263 e. The summed E-state index contributed by atoms with van der Waals surface area (Å²) in [6.07, 6.45) is 6.16. The molecule has 4 nitrogen and oxygen atoms in total. The van der Waals surface area contributed by atoms with Crippen molar-refractivity contribution >= 4 is 26.0 Å². The fraction of sp³-hybridized carbons (Fsp3) is 0.545. The van der Waals surface area contributed by atoms with Crippen LogP contribution in [0.4, 0.5) is 0 Å². The van der Waals surface area contributed by atoms with E-state index >= 15 is 0 Å². The molecule has 1 aliphatic rings. The number of alkyl halides is 1. The molecule has 0 bridgehead atoms. The minimum atomic E-state index is -3.40. The molecule has 17 heavy (non-hydrogen) atoms. The number of sulfonamides is 1. The Labute approximate surface area is 110 Å². The highest BCUT2D eigenvalue weighted by atomic mass is 79.9. The van der Waals surface area contributed by atoms with Crippen molar-refractivity contribution in [2.45, 2.75) is 24.2 Å². The summed E-state index contributed by atoms with van der Waals surface area (Å²) in [5, 5.41) is 0.918. The van der Waals surface area contributed by atoms with Crippen molar-refractivity contribution in [3.8, 4) is 0 Å². The van der Waals surface area contributed by atoms with Crippen LogP contribution >= 0.6 is 15.9 Å². The number of hydrogen-bond acceptors (Lipinski definition) is 3. The number of pyridine rings is 1. The second-order valence-electron chi connectivity index (χ2n) is 4.45. The van der Waals surface area contributed by atoms with Gasteiger partial charge >= 0.3 is 0 Å². The molecule has 1 aliphatic carbocycles. The standard InChI is InChI=1S/C11H15BrN2O2S/c12-6-5-11(3-4-11)9-14-17(15,16)10-2-1-7-13-8-10/h1-2,7-8,14H,3-6,9H2. The molecule has 6 heteroatoms. The molecule has 2 rings (SSSR count). The van der Waals surface area contributed by atoms with Gasteiger partial charge < -0.3 is 0 Å². The van der Waals surface area contributed by atoms with Crippen molar-refractivity contribution < 1.29 is 8.42 Å². The van der Waals surface area contributed by atoms with Crippen molar-refractivity contribution in [3.05, 3.63) is 24.5 Å². The molecule has 0 unspecified atom stereocenters. The molecule has 94 valence electrons. The van der Waals surface area contributed by atoms with E-state index in [1.807, 2.05) is 0 Å². The van der Waals surface area contributed by atoms with E-state index in [0.717, 1.165) is 24.6 Å². The van der Waals surface area contributed by atoms with Gasteiger partial charge in [0.1, 0.15) is 4.90 Å². The molecule has 0 aliphatic heterocycles. The third-order valence-corrected chi connectivity index (χ3v) is 4.95. The normalized spacial score (nSPS) is 17.9. The highest BCUT2D eigenvalue weighted by Gasteiger charge is 2.42. The first-order valence-electron chi connectivity index (χ1n) is 5.54.